The number of hydrogen-bond donors (Lipinski definition) is 0. The highest BCUT2D eigenvalue weighted by Crippen LogP contribution is 2.33. The van der Waals surface area contributed by atoms with Crippen molar-refractivity contribution in [2.75, 3.05) is 0 Å². The molecule has 1 rings (SSSR count). The second-order valence-electron chi connectivity index (χ2n) is 5.07. The monoisotopic (exact) mass is 392 g/mol. The number of hydrogen-bond acceptors (Lipinski definition) is 2. The molecule has 0 aliphatic rings. The molecular formula is C15H25IO2Si. The fourth-order valence-electron chi connectivity index (χ4n) is 2.32. The van der Waals surface area contributed by atoms with Crippen molar-refractivity contribution in [3.8, 4) is 0 Å². The Morgan fingerprint density at radius 3 is 2.42 bits per heavy atom. The molecule has 0 spiro atoms. The Hall–Kier alpha value is -0.0731. The second-order valence-corrected chi connectivity index (χ2v) is 10.4. The van der Waals surface area contributed by atoms with E-state index in [0.717, 1.165) is 6.42 Å². The van der Waals surface area contributed by atoms with Gasteiger partial charge in [0.1, 0.15) is 0 Å². The van der Waals surface area contributed by atoms with E-state index in [9.17, 15) is 0 Å². The molecule has 0 aromatic carbocycles. The molecule has 0 fully saturated rings. The lowest BCUT2D eigenvalue weighted by Gasteiger charge is -2.33. The molecule has 1 atom stereocenters. The van der Waals surface area contributed by atoms with Gasteiger partial charge < -0.3 is 8.84 Å². The largest absolute Gasteiger partial charge is 0.472 e. The van der Waals surface area contributed by atoms with Crippen LogP contribution in [0.5, 0.6) is 0 Å². The maximum Gasteiger partial charge on any atom is 0.192 e. The van der Waals surface area contributed by atoms with Gasteiger partial charge in [0, 0.05) is 5.56 Å². The molecule has 0 N–H and O–H groups in total. The molecule has 19 heavy (non-hydrogen) atoms. The number of halogens is 1. The molecular weight excluding hydrogens is 367 g/mol. The first-order chi connectivity index (χ1) is 9.10. The lowest BCUT2D eigenvalue weighted by molar-refractivity contribution is 0.189. The van der Waals surface area contributed by atoms with Gasteiger partial charge in [-0.3, -0.25) is 0 Å². The van der Waals surface area contributed by atoms with Crippen molar-refractivity contribution in [2.24, 2.45) is 0 Å². The van der Waals surface area contributed by atoms with E-state index >= 15 is 0 Å². The van der Waals surface area contributed by atoms with Crippen molar-refractivity contribution in [2.45, 2.75) is 58.4 Å². The topological polar surface area (TPSA) is 22.4 Å². The van der Waals surface area contributed by atoms with Crippen LogP contribution in [0.1, 0.15) is 45.8 Å². The zero-order chi connectivity index (χ0) is 14.3. The molecule has 1 aromatic rings. The fraction of sp³-hybridized carbons (Fsp3) is 0.600. The van der Waals surface area contributed by atoms with Crippen LogP contribution in [-0.2, 0) is 4.43 Å². The van der Waals surface area contributed by atoms with Crippen molar-refractivity contribution >= 4 is 30.9 Å². The van der Waals surface area contributed by atoms with Gasteiger partial charge in [0.2, 0.25) is 0 Å². The standard InChI is InChI=1S/C15H25IO2Si/c1-5-19(6-2,7-3)18-15(10-13(4)11-16)14-8-9-17-12-14/h8-9,11-12,15H,5-7,10H2,1-4H3/b13-11-/t15-/m0/s1. The van der Waals surface area contributed by atoms with Crippen molar-refractivity contribution in [1.29, 1.82) is 0 Å². The summed E-state index contributed by atoms with van der Waals surface area (Å²) in [6.07, 6.45) is 4.67. The molecule has 2 nitrogen and oxygen atoms in total. The molecule has 1 heterocycles. The third-order valence-electron chi connectivity index (χ3n) is 3.93. The van der Waals surface area contributed by atoms with E-state index in [0.29, 0.717) is 0 Å². The van der Waals surface area contributed by atoms with Crippen LogP contribution in [0.2, 0.25) is 18.1 Å². The first-order valence-electron chi connectivity index (χ1n) is 7.06. The van der Waals surface area contributed by atoms with E-state index in [-0.39, 0.29) is 6.10 Å². The minimum atomic E-state index is -1.59. The van der Waals surface area contributed by atoms with Gasteiger partial charge in [0.15, 0.2) is 8.32 Å². The summed E-state index contributed by atoms with van der Waals surface area (Å²) in [5.74, 6) is 0. The second kappa shape index (κ2) is 8.27. The van der Waals surface area contributed by atoms with Crippen LogP contribution in [0.3, 0.4) is 0 Å². The molecule has 4 heteroatoms. The highest BCUT2D eigenvalue weighted by atomic mass is 127. The van der Waals surface area contributed by atoms with Crippen LogP contribution < -0.4 is 0 Å². The molecule has 1 aromatic heterocycles. The van der Waals surface area contributed by atoms with E-state index in [1.54, 1.807) is 6.26 Å². The average molecular weight is 392 g/mol. The van der Waals surface area contributed by atoms with E-state index in [2.05, 4.69) is 54.4 Å². The first kappa shape index (κ1) is 17.0. The number of furan rings is 1. The summed E-state index contributed by atoms with van der Waals surface area (Å²) < 4.78 is 14.0. The predicted octanol–water partition coefficient (Wildman–Crippen LogP) is 6.07. The van der Waals surface area contributed by atoms with Crippen molar-refractivity contribution in [3.05, 3.63) is 33.8 Å². The summed E-state index contributed by atoms with van der Waals surface area (Å²) in [5.41, 5.74) is 2.53. The van der Waals surface area contributed by atoms with Gasteiger partial charge in [-0.25, -0.2) is 0 Å². The Kier molecular flexibility index (Phi) is 7.39. The highest BCUT2D eigenvalue weighted by molar-refractivity contribution is 14.1. The van der Waals surface area contributed by atoms with E-state index in [4.69, 9.17) is 8.84 Å². The fourth-order valence-corrected chi connectivity index (χ4v) is 5.40. The SMILES string of the molecule is CC[Si](CC)(CC)O[C@@H](C/C(C)=C\I)c1ccoc1. The first-order valence-corrected chi connectivity index (χ1v) is 10.8. The maximum atomic E-state index is 6.64. The Morgan fingerprint density at radius 2 is 2.00 bits per heavy atom. The van der Waals surface area contributed by atoms with Gasteiger partial charge in [0.05, 0.1) is 18.6 Å². The summed E-state index contributed by atoms with van der Waals surface area (Å²) in [6, 6.07) is 5.58. The Labute approximate surface area is 131 Å². The van der Waals surface area contributed by atoms with Crippen molar-refractivity contribution in [3.63, 3.8) is 0 Å². The normalized spacial score (nSPS) is 14.7. The van der Waals surface area contributed by atoms with Crippen LogP contribution in [0.25, 0.3) is 0 Å². The minimum absolute atomic E-state index is 0.149. The van der Waals surface area contributed by atoms with Gasteiger partial charge in [-0.2, -0.15) is 0 Å². The smallest absolute Gasteiger partial charge is 0.192 e. The van der Waals surface area contributed by atoms with Crippen LogP contribution in [0.4, 0.5) is 0 Å². The van der Waals surface area contributed by atoms with Crippen molar-refractivity contribution < 1.29 is 8.84 Å². The van der Waals surface area contributed by atoms with Gasteiger partial charge >= 0.3 is 0 Å². The Morgan fingerprint density at radius 1 is 1.37 bits per heavy atom. The third kappa shape index (κ3) is 4.75. The van der Waals surface area contributed by atoms with Crippen LogP contribution in [0, 0.1) is 0 Å². The molecule has 0 amide bonds. The molecule has 108 valence electrons. The Bertz CT molecular complexity index is 375. The van der Waals surface area contributed by atoms with Gasteiger partial charge in [0.25, 0.3) is 0 Å². The molecule has 0 bridgehead atoms. The summed E-state index contributed by atoms with van der Waals surface area (Å²) in [7, 11) is -1.59. The molecule has 0 radical (unpaired) electrons. The lowest BCUT2D eigenvalue weighted by Crippen LogP contribution is -2.37. The van der Waals surface area contributed by atoms with Crippen molar-refractivity contribution in [1.82, 2.24) is 0 Å². The summed E-state index contributed by atoms with van der Waals surface area (Å²) in [4.78, 5) is 0. The van der Waals surface area contributed by atoms with Crippen LogP contribution >= 0.6 is 22.6 Å². The van der Waals surface area contributed by atoms with Gasteiger partial charge in [-0.15, -0.1) is 0 Å². The lowest BCUT2D eigenvalue weighted by atomic mass is 10.1. The number of rotatable bonds is 8. The molecule has 0 saturated carbocycles. The highest BCUT2D eigenvalue weighted by Gasteiger charge is 2.32. The minimum Gasteiger partial charge on any atom is -0.472 e. The third-order valence-corrected chi connectivity index (χ3v) is 9.65. The summed E-state index contributed by atoms with van der Waals surface area (Å²) in [6.45, 7) is 8.97. The quantitative estimate of drug-likeness (QED) is 0.396. The van der Waals surface area contributed by atoms with Crippen LogP contribution in [0.15, 0.2) is 32.7 Å². The molecule has 0 saturated heterocycles. The van der Waals surface area contributed by atoms with Gasteiger partial charge in [-0.1, -0.05) is 48.9 Å². The van der Waals surface area contributed by atoms with E-state index in [1.807, 2.05) is 12.3 Å². The zero-order valence-corrected chi connectivity index (χ0v) is 15.6. The maximum absolute atomic E-state index is 6.64. The predicted molar refractivity (Wildman–Crippen MR) is 92.1 cm³/mol. The summed E-state index contributed by atoms with van der Waals surface area (Å²) in [5, 5.41) is 0. The van der Waals surface area contributed by atoms with Gasteiger partial charge in [-0.05, 0) is 41.6 Å². The van der Waals surface area contributed by atoms with E-state index in [1.165, 1.54) is 29.3 Å². The van der Waals surface area contributed by atoms with Crippen LogP contribution in [-0.4, -0.2) is 8.32 Å². The molecule has 0 unspecified atom stereocenters. The summed E-state index contributed by atoms with van der Waals surface area (Å²) >= 11 is 2.30. The average Bonchev–Trinajstić information content (AvgIpc) is 2.97. The molecule has 0 aliphatic heterocycles. The Balaban J connectivity index is 2.91. The molecule has 0 aliphatic carbocycles. The zero-order valence-electron chi connectivity index (χ0n) is 12.4. The van der Waals surface area contributed by atoms with E-state index < -0.39 is 8.32 Å².